The molecule has 2 aromatic rings. The second-order valence-corrected chi connectivity index (χ2v) is 5.83. The van der Waals surface area contributed by atoms with Crippen molar-refractivity contribution < 1.29 is 14.5 Å². The number of rotatable bonds is 7. The fraction of sp³-hybridized carbons (Fsp3) is 0.222. The zero-order chi connectivity index (χ0) is 19.1. The molecule has 2 aromatic carbocycles. The predicted octanol–water partition coefficient (Wildman–Crippen LogP) is 1.61. The Kier molecular flexibility index (Phi) is 6.40. The van der Waals surface area contributed by atoms with Crippen LogP contribution in [0.5, 0.6) is 0 Å². The number of hydrogen-bond donors (Lipinski definition) is 3. The highest BCUT2D eigenvalue weighted by Crippen LogP contribution is 2.16. The van der Waals surface area contributed by atoms with E-state index in [1.807, 2.05) is 30.3 Å². The van der Waals surface area contributed by atoms with Gasteiger partial charge in [0.2, 0.25) is 11.8 Å². The number of amides is 2. The summed E-state index contributed by atoms with van der Waals surface area (Å²) in [4.78, 5) is 34.7. The molecular formula is C18H20N4O4. The number of carbonyl (C=O) groups is 2. The monoisotopic (exact) mass is 356 g/mol. The first kappa shape index (κ1) is 19.1. The van der Waals surface area contributed by atoms with Gasteiger partial charge >= 0.3 is 0 Å². The summed E-state index contributed by atoms with van der Waals surface area (Å²) in [5.41, 5.74) is 6.77. The molecule has 2 atom stereocenters. The van der Waals surface area contributed by atoms with Crippen LogP contribution in [0.2, 0.25) is 0 Å². The van der Waals surface area contributed by atoms with Gasteiger partial charge in [-0.3, -0.25) is 19.7 Å². The second-order valence-electron chi connectivity index (χ2n) is 5.83. The van der Waals surface area contributed by atoms with Crippen LogP contribution in [0.25, 0.3) is 0 Å². The third-order valence-corrected chi connectivity index (χ3v) is 3.67. The van der Waals surface area contributed by atoms with Gasteiger partial charge in [-0.15, -0.1) is 0 Å². The normalized spacial score (nSPS) is 12.7. The summed E-state index contributed by atoms with van der Waals surface area (Å²) < 4.78 is 0. The lowest BCUT2D eigenvalue weighted by Crippen LogP contribution is -2.50. The number of nitrogens with one attached hydrogen (secondary N) is 2. The molecule has 2 amide bonds. The van der Waals surface area contributed by atoms with Crippen LogP contribution in [0.3, 0.4) is 0 Å². The maximum Gasteiger partial charge on any atom is 0.269 e. The summed E-state index contributed by atoms with van der Waals surface area (Å²) in [5, 5.41) is 16.0. The molecule has 136 valence electrons. The highest BCUT2D eigenvalue weighted by molar-refractivity contribution is 5.98. The van der Waals surface area contributed by atoms with Gasteiger partial charge in [0.05, 0.1) is 11.0 Å². The van der Waals surface area contributed by atoms with Crippen LogP contribution >= 0.6 is 0 Å². The number of non-ortho nitro benzene ring substituents is 1. The molecule has 0 aromatic heterocycles. The lowest BCUT2D eigenvalue weighted by molar-refractivity contribution is -0.384. The largest absolute Gasteiger partial charge is 0.343 e. The van der Waals surface area contributed by atoms with E-state index in [0.717, 1.165) is 5.56 Å². The van der Waals surface area contributed by atoms with E-state index in [4.69, 9.17) is 5.73 Å². The van der Waals surface area contributed by atoms with Crippen molar-refractivity contribution in [2.24, 2.45) is 5.73 Å². The highest BCUT2D eigenvalue weighted by atomic mass is 16.6. The maximum absolute atomic E-state index is 12.6. The topological polar surface area (TPSA) is 127 Å². The Bertz CT molecular complexity index is 776. The van der Waals surface area contributed by atoms with Crippen LogP contribution in [0.1, 0.15) is 12.5 Å². The summed E-state index contributed by atoms with van der Waals surface area (Å²) in [7, 11) is 0. The fourth-order valence-corrected chi connectivity index (χ4v) is 2.26. The molecule has 0 bridgehead atoms. The molecule has 2 rings (SSSR count). The van der Waals surface area contributed by atoms with Crippen molar-refractivity contribution in [2.45, 2.75) is 25.4 Å². The molecule has 0 fully saturated rings. The third-order valence-electron chi connectivity index (χ3n) is 3.67. The lowest BCUT2D eigenvalue weighted by Gasteiger charge is -2.20. The van der Waals surface area contributed by atoms with Crippen molar-refractivity contribution in [3.63, 3.8) is 0 Å². The molecular weight excluding hydrogens is 336 g/mol. The Balaban J connectivity index is 2.13. The Morgan fingerprint density at radius 1 is 1.08 bits per heavy atom. The van der Waals surface area contributed by atoms with Crippen molar-refractivity contribution >= 4 is 23.2 Å². The van der Waals surface area contributed by atoms with E-state index in [2.05, 4.69) is 10.6 Å². The van der Waals surface area contributed by atoms with Crippen LogP contribution in [0, 0.1) is 10.1 Å². The molecule has 0 aliphatic rings. The summed E-state index contributed by atoms with van der Waals surface area (Å²) in [6, 6.07) is 13.1. The minimum atomic E-state index is -0.828. The van der Waals surface area contributed by atoms with E-state index in [0.29, 0.717) is 5.69 Å². The molecule has 0 spiro atoms. The van der Waals surface area contributed by atoms with Gasteiger partial charge in [-0.25, -0.2) is 0 Å². The van der Waals surface area contributed by atoms with Gasteiger partial charge in [0.1, 0.15) is 6.04 Å². The van der Waals surface area contributed by atoms with Gasteiger partial charge in [0.15, 0.2) is 0 Å². The summed E-state index contributed by atoms with van der Waals surface area (Å²) in [5.74, 6) is -0.874. The highest BCUT2D eigenvalue weighted by Gasteiger charge is 2.23. The van der Waals surface area contributed by atoms with Crippen molar-refractivity contribution in [1.82, 2.24) is 5.32 Å². The fourth-order valence-electron chi connectivity index (χ4n) is 2.26. The van der Waals surface area contributed by atoms with Gasteiger partial charge in [0, 0.05) is 24.2 Å². The first-order valence-corrected chi connectivity index (χ1v) is 8.02. The van der Waals surface area contributed by atoms with Gasteiger partial charge < -0.3 is 16.4 Å². The molecule has 26 heavy (non-hydrogen) atoms. The van der Waals surface area contributed by atoms with Crippen molar-refractivity contribution in [3.05, 3.63) is 70.3 Å². The number of hydrogen-bond acceptors (Lipinski definition) is 5. The van der Waals surface area contributed by atoms with Gasteiger partial charge in [0.25, 0.3) is 5.69 Å². The zero-order valence-corrected chi connectivity index (χ0v) is 14.2. The van der Waals surface area contributed by atoms with Crippen molar-refractivity contribution in [2.75, 3.05) is 5.32 Å². The molecule has 0 aliphatic heterocycles. The van der Waals surface area contributed by atoms with Crippen molar-refractivity contribution in [1.29, 1.82) is 0 Å². The third kappa shape index (κ3) is 5.38. The quantitative estimate of drug-likeness (QED) is 0.513. The molecule has 0 aliphatic carbocycles. The Morgan fingerprint density at radius 2 is 1.69 bits per heavy atom. The smallest absolute Gasteiger partial charge is 0.269 e. The molecule has 4 N–H and O–H groups in total. The maximum atomic E-state index is 12.6. The minimum Gasteiger partial charge on any atom is -0.343 e. The van der Waals surface area contributed by atoms with E-state index < -0.39 is 28.8 Å². The van der Waals surface area contributed by atoms with Gasteiger partial charge in [-0.05, 0) is 24.6 Å². The molecule has 8 heteroatoms. The zero-order valence-electron chi connectivity index (χ0n) is 14.2. The lowest BCUT2D eigenvalue weighted by atomic mass is 10.0. The number of nitrogens with zero attached hydrogens (tertiary/aromatic N) is 1. The Morgan fingerprint density at radius 3 is 2.23 bits per heavy atom. The summed E-state index contributed by atoms with van der Waals surface area (Å²) in [6.07, 6.45) is 0.290. The Labute approximate surface area is 150 Å². The SMILES string of the molecule is C[C@H](N)C(=O)N[C@@H](Cc1ccccc1)C(=O)Nc1ccc([N+](=O)[O-])cc1. The van der Waals surface area contributed by atoms with Crippen LogP contribution in [0.15, 0.2) is 54.6 Å². The van der Waals surface area contributed by atoms with Crippen LogP contribution < -0.4 is 16.4 Å². The molecule has 0 unspecified atom stereocenters. The van der Waals surface area contributed by atoms with E-state index >= 15 is 0 Å². The number of benzene rings is 2. The Hall–Kier alpha value is -3.26. The average Bonchev–Trinajstić information content (AvgIpc) is 2.62. The van der Waals surface area contributed by atoms with Crippen LogP contribution in [0.4, 0.5) is 11.4 Å². The number of nitro benzene ring substituents is 1. The van der Waals surface area contributed by atoms with E-state index in [1.54, 1.807) is 0 Å². The average molecular weight is 356 g/mol. The van der Waals surface area contributed by atoms with Gasteiger partial charge in [-0.2, -0.15) is 0 Å². The number of anilines is 1. The minimum absolute atomic E-state index is 0.0749. The summed E-state index contributed by atoms with van der Waals surface area (Å²) in [6.45, 7) is 1.53. The van der Waals surface area contributed by atoms with Crippen LogP contribution in [-0.4, -0.2) is 28.8 Å². The second kappa shape index (κ2) is 8.72. The first-order chi connectivity index (χ1) is 12.4. The standard InChI is InChI=1S/C18H20N4O4/c1-12(19)17(23)21-16(11-13-5-3-2-4-6-13)18(24)20-14-7-9-15(10-8-14)22(25)26/h2-10,12,16H,11,19H2,1H3,(H,20,24)(H,21,23)/t12-,16-/m0/s1. The molecule has 0 radical (unpaired) electrons. The molecule has 0 heterocycles. The van der Waals surface area contributed by atoms with E-state index in [9.17, 15) is 19.7 Å². The first-order valence-electron chi connectivity index (χ1n) is 8.02. The van der Waals surface area contributed by atoms with E-state index in [1.165, 1.54) is 31.2 Å². The number of nitro groups is 1. The number of carbonyl (C=O) groups excluding carboxylic acids is 2. The number of nitrogens with two attached hydrogens (primary N) is 1. The molecule has 0 saturated carbocycles. The molecule has 0 saturated heterocycles. The molecule has 8 nitrogen and oxygen atoms in total. The predicted molar refractivity (Wildman–Crippen MR) is 97.5 cm³/mol. The summed E-state index contributed by atoms with van der Waals surface area (Å²) >= 11 is 0. The van der Waals surface area contributed by atoms with Gasteiger partial charge in [-0.1, -0.05) is 30.3 Å². The van der Waals surface area contributed by atoms with E-state index in [-0.39, 0.29) is 12.1 Å². The van der Waals surface area contributed by atoms with Crippen molar-refractivity contribution in [3.8, 4) is 0 Å². The van der Waals surface area contributed by atoms with Crippen LogP contribution in [-0.2, 0) is 16.0 Å².